The van der Waals surface area contributed by atoms with Gasteiger partial charge in [-0.3, -0.25) is 9.59 Å². The van der Waals surface area contributed by atoms with Gasteiger partial charge >= 0.3 is 0 Å². The lowest BCUT2D eigenvalue weighted by Crippen LogP contribution is -2.43. The maximum atomic E-state index is 12.9. The first-order valence-corrected chi connectivity index (χ1v) is 9.41. The van der Waals surface area contributed by atoms with E-state index >= 15 is 0 Å². The van der Waals surface area contributed by atoms with Crippen LogP contribution >= 0.6 is 11.6 Å². The summed E-state index contributed by atoms with van der Waals surface area (Å²) in [6, 6.07) is 14.7. The number of carbonyl (C=O) groups is 2. The fraction of sp³-hybridized carbons (Fsp3) is 0.238. The molecule has 0 aliphatic carbocycles. The number of H-pyrrole nitrogens is 1. The Morgan fingerprint density at radius 2 is 2.04 bits per heavy atom. The van der Waals surface area contributed by atoms with Gasteiger partial charge in [0.2, 0.25) is 5.91 Å². The predicted molar refractivity (Wildman–Crippen MR) is 107 cm³/mol. The number of fused-ring (bicyclic) bond motifs is 1. The van der Waals surface area contributed by atoms with Gasteiger partial charge < -0.3 is 15.2 Å². The molecule has 1 aromatic heterocycles. The van der Waals surface area contributed by atoms with E-state index in [2.05, 4.69) is 10.3 Å². The van der Waals surface area contributed by atoms with Crippen LogP contribution in [0.3, 0.4) is 0 Å². The first-order valence-electron chi connectivity index (χ1n) is 9.03. The van der Waals surface area contributed by atoms with Crippen molar-refractivity contribution in [3.05, 3.63) is 65.3 Å². The van der Waals surface area contributed by atoms with E-state index in [1.807, 2.05) is 30.5 Å². The van der Waals surface area contributed by atoms with E-state index in [1.165, 1.54) is 0 Å². The quantitative estimate of drug-likeness (QED) is 0.709. The molecule has 1 aliphatic heterocycles. The van der Waals surface area contributed by atoms with Crippen molar-refractivity contribution in [1.82, 2.24) is 9.88 Å². The fourth-order valence-electron chi connectivity index (χ4n) is 3.55. The van der Waals surface area contributed by atoms with E-state index in [9.17, 15) is 9.59 Å². The number of aromatic amines is 1. The van der Waals surface area contributed by atoms with Crippen LogP contribution in [0, 0.1) is 5.92 Å². The lowest BCUT2D eigenvalue weighted by Gasteiger charge is -2.32. The van der Waals surface area contributed by atoms with Crippen LogP contribution in [0.4, 0.5) is 5.69 Å². The highest BCUT2D eigenvalue weighted by molar-refractivity contribution is 6.30. The maximum Gasteiger partial charge on any atom is 0.253 e. The van der Waals surface area contributed by atoms with E-state index in [1.54, 1.807) is 29.2 Å². The van der Waals surface area contributed by atoms with Gasteiger partial charge in [0.15, 0.2) is 0 Å². The van der Waals surface area contributed by atoms with Gasteiger partial charge in [-0.15, -0.1) is 0 Å². The number of rotatable bonds is 3. The summed E-state index contributed by atoms with van der Waals surface area (Å²) in [5.74, 6) is -0.336. The Balaban J connectivity index is 1.45. The maximum absolute atomic E-state index is 12.9. The molecule has 6 heteroatoms. The number of nitrogens with one attached hydrogen (secondary N) is 2. The molecule has 2 heterocycles. The van der Waals surface area contributed by atoms with Crippen molar-refractivity contribution in [2.45, 2.75) is 12.8 Å². The smallest absolute Gasteiger partial charge is 0.253 e. The Kier molecular flexibility index (Phi) is 4.86. The molecule has 0 saturated carbocycles. The molecule has 1 fully saturated rings. The van der Waals surface area contributed by atoms with Crippen LogP contribution in [0.25, 0.3) is 10.9 Å². The molecule has 0 radical (unpaired) electrons. The molecule has 5 nitrogen and oxygen atoms in total. The minimum Gasteiger partial charge on any atom is -0.361 e. The summed E-state index contributed by atoms with van der Waals surface area (Å²) in [4.78, 5) is 30.4. The average Bonchev–Trinajstić information content (AvgIpc) is 3.15. The summed E-state index contributed by atoms with van der Waals surface area (Å²) >= 11 is 5.97. The van der Waals surface area contributed by atoms with Gasteiger partial charge in [0.25, 0.3) is 5.91 Å². The summed E-state index contributed by atoms with van der Waals surface area (Å²) in [5, 5.41) is 4.56. The highest BCUT2D eigenvalue weighted by atomic mass is 35.5. The Hall–Kier alpha value is -2.79. The van der Waals surface area contributed by atoms with Gasteiger partial charge in [-0.2, -0.15) is 0 Å². The van der Waals surface area contributed by atoms with Crippen LogP contribution in [0.15, 0.2) is 54.7 Å². The Morgan fingerprint density at radius 1 is 1.15 bits per heavy atom. The molecule has 4 rings (SSSR count). The Bertz CT molecular complexity index is 998. The lowest BCUT2D eigenvalue weighted by atomic mass is 9.96. The van der Waals surface area contributed by atoms with Crippen LogP contribution in [0.5, 0.6) is 0 Å². The second-order valence-corrected chi connectivity index (χ2v) is 7.31. The zero-order chi connectivity index (χ0) is 18.8. The molecule has 27 heavy (non-hydrogen) atoms. The third-order valence-electron chi connectivity index (χ3n) is 4.97. The van der Waals surface area contributed by atoms with Crippen molar-refractivity contribution in [3.63, 3.8) is 0 Å². The third-order valence-corrected chi connectivity index (χ3v) is 5.21. The molecule has 0 bridgehead atoms. The van der Waals surface area contributed by atoms with Crippen molar-refractivity contribution in [2.24, 2.45) is 5.92 Å². The molecule has 2 amide bonds. The fourth-order valence-corrected chi connectivity index (χ4v) is 3.74. The molecule has 1 atom stereocenters. The van der Waals surface area contributed by atoms with Crippen molar-refractivity contribution in [2.75, 3.05) is 18.4 Å². The van der Waals surface area contributed by atoms with Gasteiger partial charge in [-0.25, -0.2) is 0 Å². The topological polar surface area (TPSA) is 65.2 Å². The lowest BCUT2D eigenvalue weighted by molar-refractivity contribution is -0.121. The van der Waals surface area contributed by atoms with Crippen molar-refractivity contribution < 1.29 is 9.59 Å². The third kappa shape index (κ3) is 3.83. The summed E-state index contributed by atoms with van der Waals surface area (Å²) in [7, 11) is 0. The summed E-state index contributed by atoms with van der Waals surface area (Å²) < 4.78 is 0. The van der Waals surface area contributed by atoms with E-state index in [-0.39, 0.29) is 17.7 Å². The number of benzene rings is 2. The number of aromatic nitrogens is 1. The van der Waals surface area contributed by atoms with Gasteiger partial charge in [0.1, 0.15) is 0 Å². The summed E-state index contributed by atoms with van der Waals surface area (Å²) in [5.41, 5.74) is 2.25. The van der Waals surface area contributed by atoms with E-state index in [0.717, 1.165) is 23.7 Å². The van der Waals surface area contributed by atoms with Gasteiger partial charge in [0, 0.05) is 41.1 Å². The molecule has 138 valence electrons. The molecular formula is C21H20ClN3O2. The highest BCUT2D eigenvalue weighted by Crippen LogP contribution is 2.23. The number of piperidine rings is 1. The minimum atomic E-state index is -0.226. The molecular weight excluding hydrogens is 362 g/mol. The zero-order valence-corrected chi connectivity index (χ0v) is 15.5. The van der Waals surface area contributed by atoms with E-state index in [4.69, 9.17) is 11.6 Å². The molecule has 0 unspecified atom stereocenters. The molecule has 1 saturated heterocycles. The number of hydrogen-bond donors (Lipinski definition) is 2. The number of nitrogens with zero attached hydrogens (tertiary/aromatic N) is 1. The largest absolute Gasteiger partial charge is 0.361 e. The number of amides is 2. The van der Waals surface area contributed by atoms with Crippen LogP contribution in [0.2, 0.25) is 5.02 Å². The first-order chi connectivity index (χ1) is 13.1. The first kappa shape index (κ1) is 17.6. The van der Waals surface area contributed by atoms with E-state index in [0.29, 0.717) is 29.4 Å². The van der Waals surface area contributed by atoms with Crippen LogP contribution in [0.1, 0.15) is 23.2 Å². The minimum absolute atomic E-state index is 0.0354. The van der Waals surface area contributed by atoms with Gasteiger partial charge in [0.05, 0.1) is 5.92 Å². The number of halogens is 1. The van der Waals surface area contributed by atoms with Gasteiger partial charge in [-0.1, -0.05) is 23.7 Å². The molecule has 2 aromatic carbocycles. The van der Waals surface area contributed by atoms with Gasteiger partial charge in [-0.05, 0) is 54.6 Å². The Labute approximate surface area is 162 Å². The summed E-state index contributed by atoms with van der Waals surface area (Å²) in [6.07, 6.45) is 3.44. The monoisotopic (exact) mass is 381 g/mol. The van der Waals surface area contributed by atoms with Crippen molar-refractivity contribution >= 4 is 40.0 Å². The van der Waals surface area contributed by atoms with Crippen LogP contribution < -0.4 is 5.32 Å². The molecule has 2 N–H and O–H groups in total. The van der Waals surface area contributed by atoms with E-state index < -0.39 is 0 Å². The average molecular weight is 382 g/mol. The normalized spacial score (nSPS) is 17.1. The highest BCUT2D eigenvalue weighted by Gasteiger charge is 2.29. The second kappa shape index (κ2) is 7.45. The van der Waals surface area contributed by atoms with Crippen LogP contribution in [-0.2, 0) is 4.79 Å². The Morgan fingerprint density at radius 3 is 2.89 bits per heavy atom. The zero-order valence-electron chi connectivity index (χ0n) is 14.7. The molecule has 3 aromatic rings. The number of carbonyl (C=O) groups excluding carboxylic acids is 2. The SMILES string of the molecule is O=C(Nc1cccc(Cl)c1)[C@H]1CCCN(C(=O)c2ccc3cc[nH]c3c2)C1. The number of hydrogen-bond acceptors (Lipinski definition) is 2. The predicted octanol–water partition coefficient (Wildman–Crippen LogP) is 4.31. The van der Waals surface area contributed by atoms with Crippen molar-refractivity contribution in [1.29, 1.82) is 0 Å². The number of anilines is 1. The van der Waals surface area contributed by atoms with Crippen molar-refractivity contribution in [3.8, 4) is 0 Å². The van der Waals surface area contributed by atoms with Crippen LogP contribution in [-0.4, -0.2) is 34.8 Å². The summed E-state index contributed by atoms with van der Waals surface area (Å²) in [6.45, 7) is 1.09. The second-order valence-electron chi connectivity index (χ2n) is 6.87. The standard InChI is InChI=1S/C21H20ClN3O2/c22-17-4-1-5-18(12-17)24-20(26)16-3-2-10-25(13-16)21(27)15-7-6-14-8-9-23-19(14)11-15/h1,4-9,11-12,16,23H,2-3,10,13H2,(H,24,26)/t16-/m0/s1. The molecule has 1 aliphatic rings. The molecule has 0 spiro atoms. The number of likely N-dealkylation sites (tertiary alicyclic amines) is 1.